The number of rotatable bonds is 7. The molecular formula is C16H25N3O. The maximum Gasteiger partial charge on any atom is 0.134 e. The van der Waals surface area contributed by atoms with E-state index in [1.807, 2.05) is 18.2 Å². The highest BCUT2D eigenvalue weighted by Gasteiger charge is 2.13. The minimum absolute atomic E-state index is 0.526. The van der Waals surface area contributed by atoms with Crippen LogP contribution in [0.1, 0.15) is 17.7 Å². The maximum absolute atomic E-state index is 5.96. The Kier molecular flexibility index (Phi) is 5.17. The third-order valence-corrected chi connectivity index (χ3v) is 3.54. The van der Waals surface area contributed by atoms with Gasteiger partial charge in [0, 0.05) is 17.5 Å². The van der Waals surface area contributed by atoms with Crippen LogP contribution in [0.15, 0.2) is 28.7 Å². The molecule has 0 aliphatic heterocycles. The highest BCUT2D eigenvalue weighted by atomic mass is 16.3. The predicted octanol–water partition coefficient (Wildman–Crippen LogP) is 2.27. The molecule has 110 valence electrons. The molecule has 0 aliphatic rings. The lowest BCUT2D eigenvalue weighted by Gasteiger charge is -2.17. The fraction of sp³-hybridized carbons (Fsp3) is 0.500. The summed E-state index contributed by atoms with van der Waals surface area (Å²) in [4.78, 5) is 4.50. The van der Waals surface area contributed by atoms with E-state index in [1.54, 1.807) is 0 Å². The highest BCUT2D eigenvalue weighted by molar-refractivity contribution is 5.82. The van der Waals surface area contributed by atoms with Gasteiger partial charge in [0.1, 0.15) is 11.3 Å². The van der Waals surface area contributed by atoms with Crippen molar-refractivity contribution in [3.05, 3.63) is 35.6 Å². The molecule has 0 fully saturated rings. The smallest absolute Gasteiger partial charge is 0.134 e. The molecular weight excluding hydrogens is 250 g/mol. The molecule has 4 heteroatoms. The van der Waals surface area contributed by atoms with Crippen LogP contribution < -0.4 is 5.73 Å². The van der Waals surface area contributed by atoms with Crippen molar-refractivity contribution < 1.29 is 4.42 Å². The summed E-state index contributed by atoms with van der Waals surface area (Å²) in [7, 11) is 6.33. The molecule has 2 rings (SSSR count). The van der Waals surface area contributed by atoms with E-state index in [2.05, 4.69) is 37.0 Å². The monoisotopic (exact) mass is 275 g/mol. The number of nitrogens with zero attached hydrogens (tertiary/aromatic N) is 2. The molecule has 0 radical (unpaired) electrons. The van der Waals surface area contributed by atoms with Gasteiger partial charge in [-0.15, -0.1) is 0 Å². The zero-order valence-electron chi connectivity index (χ0n) is 12.7. The SMILES string of the molecule is CN(C)CCCN(C)Cc1oc2ccccc2c1CN. The molecule has 0 unspecified atom stereocenters. The molecule has 0 amide bonds. The van der Waals surface area contributed by atoms with Crippen LogP contribution in [0.5, 0.6) is 0 Å². The molecule has 0 atom stereocenters. The van der Waals surface area contributed by atoms with Crippen molar-refractivity contribution in [1.29, 1.82) is 0 Å². The minimum Gasteiger partial charge on any atom is -0.459 e. The lowest BCUT2D eigenvalue weighted by molar-refractivity contribution is 0.275. The average Bonchev–Trinajstić information content (AvgIpc) is 2.75. The second kappa shape index (κ2) is 6.88. The first-order chi connectivity index (χ1) is 9.61. The molecule has 20 heavy (non-hydrogen) atoms. The molecule has 2 aromatic rings. The summed E-state index contributed by atoms with van der Waals surface area (Å²) in [5.74, 6) is 1.00. The third kappa shape index (κ3) is 3.60. The van der Waals surface area contributed by atoms with Gasteiger partial charge in [0.15, 0.2) is 0 Å². The first-order valence-electron chi connectivity index (χ1n) is 7.14. The molecule has 1 aromatic heterocycles. The van der Waals surface area contributed by atoms with Gasteiger partial charge in [0.05, 0.1) is 6.54 Å². The van der Waals surface area contributed by atoms with Crippen molar-refractivity contribution in [2.45, 2.75) is 19.5 Å². The number of furan rings is 1. The van der Waals surface area contributed by atoms with E-state index in [0.717, 1.165) is 48.3 Å². The molecule has 1 aromatic carbocycles. The molecule has 0 bridgehead atoms. The Morgan fingerprint density at radius 1 is 1.10 bits per heavy atom. The van der Waals surface area contributed by atoms with Crippen LogP contribution in [0, 0.1) is 0 Å². The topological polar surface area (TPSA) is 45.6 Å². The summed E-state index contributed by atoms with van der Waals surface area (Å²) in [6, 6.07) is 8.11. The molecule has 0 spiro atoms. The molecule has 0 aliphatic carbocycles. The number of para-hydroxylation sites is 1. The highest BCUT2D eigenvalue weighted by Crippen LogP contribution is 2.26. The Balaban J connectivity index is 2.05. The van der Waals surface area contributed by atoms with E-state index >= 15 is 0 Å². The molecule has 0 saturated heterocycles. The summed E-state index contributed by atoms with van der Waals surface area (Å²) < 4.78 is 5.96. The quantitative estimate of drug-likeness (QED) is 0.842. The standard InChI is InChI=1S/C16H25N3O/c1-18(2)9-6-10-19(3)12-16-14(11-17)13-7-4-5-8-15(13)20-16/h4-5,7-8H,6,9-12,17H2,1-3H3. The van der Waals surface area contributed by atoms with E-state index in [1.165, 1.54) is 0 Å². The number of nitrogens with two attached hydrogens (primary N) is 1. The first-order valence-corrected chi connectivity index (χ1v) is 7.14. The van der Waals surface area contributed by atoms with Crippen LogP contribution >= 0.6 is 0 Å². The van der Waals surface area contributed by atoms with Gasteiger partial charge in [-0.3, -0.25) is 4.90 Å². The van der Waals surface area contributed by atoms with Gasteiger partial charge < -0.3 is 15.1 Å². The van der Waals surface area contributed by atoms with E-state index in [0.29, 0.717) is 6.54 Å². The van der Waals surface area contributed by atoms with Gasteiger partial charge in [-0.1, -0.05) is 18.2 Å². The summed E-state index contributed by atoms with van der Waals surface area (Å²) in [6.07, 6.45) is 1.15. The fourth-order valence-electron chi connectivity index (χ4n) is 2.48. The van der Waals surface area contributed by atoms with Crippen molar-refractivity contribution in [2.24, 2.45) is 5.73 Å². The van der Waals surface area contributed by atoms with Crippen LogP contribution in [0.4, 0.5) is 0 Å². The number of hydrogen-bond acceptors (Lipinski definition) is 4. The van der Waals surface area contributed by atoms with E-state index < -0.39 is 0 Å². The molecule has 4 nitrogen and oxygen atoms in total. The number of hydrogen-bond donors (Lipinski definition) is 1. The largest absolute Gasteiger partial charge is 0.459 e. The van der Waals surface area contributed by atoms with Gasteiger partial charge in [0.2, 0.25) is 0 Å². The van der Waals surface area contributed by atoms with Gasteiger partial charge in [-0.2, -0.15) is 0 Å². The van der Waals surface area contributed by atoms with Crippen LogP contribution in [0.2, 0.25) is 0 Å². The van der Waals surface area contributed by atoms with Crippen LogP contribution in [0.25, 0.3) is 11.0 Å². The van der Waals surface area contributed by atoms with E-state index in [9.17, 15) is 0 Å². The second-order valence-electron chi connectivity index (χ2n) is 5.60. The van der Waals surface area contributed by atoms with Gasteiger partial charge in [-0.25, -0.2) is 0 Å². The van der Waals surface area contributed by atoms with Crippen LogP contribution in [-0.4, -0.2) is 44.0 Å². The number of fused-ring (bicyclic) bond motifs is 1. The molecule has 0 saturated carbocycles. The van der Waals surface area contributed by atoms with Crippen molar-refractivity contribution in [2.75, 3.05) is 34.2 Å². The fourth-order valence-corrected chi connectivity index (χ4v) is 2.48. The van der Waals surface area contributed by atoms with Crippen LogP contribution in [0.3, 0.4) is 0 Å². The van der Waals surface area contributed by atoms with Gasteiger partial charge in [0.25, 0.3) is 0 Å². The normalized spacial score (nSPS) is 11.9. The first kappa shape index (κ1) is 15.0. The average molecular weight is 275 g/mol. The molecule has 2 N–H and O–H groups in total. The van der Waals surface area contributed by atoms with E-state index in [-0.39, 0.29) is 0 Å². The van der Waals surface area contributed by atoms with Crippen LogP contribution in [-0.2, 0) is 13.1 Å². The molecule has 1 heterocycles. The maximum atomic E-state index is 5.96. The summed E-state index contributed by atoms with van der Waals surface area (Å²) in [5, 5.41) is 1.15. The van der Waals surface area contributed by atoms with Crippen molar-refractivity contribution in [1.82, 2.24) is 9.80 Å². The lowest BCUT2D eigenvalue weighted by atomic mass is 10.1. The van der Waals surface area contributed by atoms with Crippen molar-refractivity contribution >= 4 is 11.0 Å². The lowest BCUT2D eigenvalue weighted by Crippen LogP contribution is -2.23. The van der Waals surface area contributed by atoms with Crippen molar-refractivity contribution in [3.8, 4) is 0 Å². The minimum atomic E-state index is 0.526. The Morgan fingerprint density at radius 2 is 1.85 bits per heavy atom. The number of benzene rings is 1. The zero-order valence-corrected chi connectivity index (χ0v) is 12.7. The third-order valence-electron chi connectivity index (χ3n) is 3.54. The summed E-state index contributed by atoms with van der Waals surface area (Å²) in [5.41, 5.74) is 7.97. The summed E-state index contributed by atoms with van der Waals surface area (Å²) >= 11 is 0. The Bertz CT molecular complexity index is 548. The Hall–Kier alpha value is -1.36. The van der Waals surface area contributed by atoms with Crippen molar-refractivity contribution in [3.63, 3.8) is 0 Å². The van der Waals surface area contributed by atoms with Gasteiger partial charge in [-0.05, 0) is 46.7 Å². The zero-order chi connectivity index (χ0) is 14.5. The summed E-state index contributed by atoms with van der Waals surface area (Å²) in [6.45, 7) is 3.50. The second-order valence-corrected chi connectivity index (χ2v) is 5.60. The van der Waals surface area contributed by atoms with Gasteiger partial charge >= 0.3 is 0 Å². The van der Waals surface area contributed by atoms with E-state index in [4.69, 9.17) is 10.2 Å². The Morgan fingerprint density at radius 3 is 2.55 bits per heavy atom. The Labute approximate surface area is 121 Å². The predicted molar refractivity (Wildman–Crippen MR) is 83.6 cm³/mol.